The zero-order chi connectivity index (χ0) is 13.4. The molecule has 3 nitrogen and oxygen atoms in total. The van der Waals surface area contributed by atoms with Gasteiger partial charge in [0.25, 0.3) is 5.91 Å². The van der Waals surface area contributed by atoms with Crippen molar-refractivity contribution in [2.45, 2.75) is 13.0 Å². The number of nitrogens with two attached hydrogens (primary N) is 1. The molecule has 1 aliphatic rings. The largest absolute Gasteiger partial charge is 0.398 e. The molecule has 19 heavy (non-hydrogen) atoms. The lowest BCUT2D eigenvalue weighted by Gasteiger charge is -2.27. The molecular weight excluding hydrogens is 280 g/mol. The minimum absolute atomic E-state index is 0.0446. The van der Waals surface area contributed by atoms with Crippen molar-refractivity contribution in [3.8, 4) is 0 Å². The molecule has 0 saturated carbocycles. The van der Waals surface area contributed by atoms with Crippen molar-refractivity contribution >= 4 is 34.5 Å². The van der Waals surface area contributed by atoms with Gasteiger partial charge in [-0.1, -0.05) is 11.6 Å². The lowest BCUT2D eigenvalue weighted by molar-refractivity contribution is 0.0737. The van der Waals surface area contributed by atoms with Crippen LogP contribution in [0.1, 0.15) is 20.8 Å². The van der Waals surface area contributed by atoms with Gasteiger partial charge in [-0.15, -0.1) is 11.3 Å². The molecule has 0 radical (unpaired) electrons. The van der Waals surface area contributed by atoms with E-state index in [2.05, 4.69) is 11.4 Å². The molecule has 0 fully saturated rings. The van der Waals surface area contributed by atoms with E-state index in [0.29, 0.717) is 22.8 Å². The number of fused-ring (bicyclic) bond motifs is 1. The Kier molecular flexibility index (Phi) is 3.21. The number of carbonyl (C=O) groups excluding carboxylic acids is 1. The zero-order valence-electron chi connectivity index (χ0n) is 10.2. The van der Waals surface area contributed by atoms with Crippen LogP contribution in [-0.2, 0) is 13.0 Å². The van der Waals surface area contributed by atoms with E-state index in [1.165, 1.54) is 10.4 Å². The van der Waals surface area contributed by atoms with Crippen LogP contribution in [0.2, 0.25) is 5.02 Å². The summed E-state index contributed by atoms with van der Waals surface area (Å²) in [5.74, 6) is -0.0446. The van der Waals surface area contributed by atoms with Gasteiger partial charge in [0, 0.05) is 28.7 Å². The molecule has 0 saturated heterocycles. The van der Waals surface area contributed by atoms with Gasteiger partial charge in [0.05, 0.1) is 5.56 Å². The highest BCUT2D eigenvalue weighted by Crippen LogP contribution is 2.26. The summed E-state index contributed by atoms with van der Waals surface area (Å²) in [6.45, 7) is 1.39. The first-order chi connectivity index (χ1) is 9.15. The normalized spacial score (nSPS) is 14.3. The quantitative estimate of drug-likeness (QED) is 0.821. The second kappa shape index (κ2) is 4.87. The third kappa shape index (κ3) is 2.33. The first-order valence-electron chi connectivity index (χ1n) is 6.04. The average Bonchev–Trinajstić information content (AvgIpc) is 2.88. The number of thiophene rings is 1. The molecule has 3 rings (SSSR count). The highest BCUT2D eigenvalue weighted by molar-refractivity contribution is 7.10. The van der Waals surface area contributed by atoms with Gasteiger partial charge in [0.1, 0.15) is 0 Å². The summed E-state index contributed by atoms with van der Waals surface area (Å²) in [6, 6.07) is 7.10. The molecule has 0 aliphatic carbocycles. The summed E-state index contributed by atoms with van der Waals surface area (Å²) in [6.07, 6.45) is 0.916. The fourth-order valence-corrected chi connectivity index (χ4v) is 3.37. The predicted molar refractivity (Wildman–Crippen MR) is 78.6 cm³/mol. The Bertz CT molecular complexity index is 638. The number of nitrogens with zero attached hydrogens (tertiary/aromatic N) is 1. The number of anilines is 1. The minimum atomic E-state index is -0.0446. The molecular formula is C14H13ClN2OS. The zero-order valence-corrected chi connectivity index (χ0v) is 11.8. The van der Waals surface area contributed by atoms with Crippen LogP contribution in [0.25, 0.3) is 0 Å². The van der Waals surface area contributed by atoms with Crippen LogP contribution < -0.4 is 5.73 Å². The number of hydrogen-bond donors (Lipinski definition) is 1. The monoisotopic (exact) mass is 292 g/mol. The van der Waals surface area contributed by atoms with Gasteiger partial charge in [-0.3, -0.25) is 4.79 Å². The molecule has 2 heterocycles. The summed E-state index contributed by atoms with van der Waals surface area (Å²) in [5.41, 5.74) is 8.08. The van der Waals surface area contributed by atoms with Crippen molar-refractivity contribution in [2.24, 2.45) is 0 Å². The average molecular weight is 293 g/mol. The van der Waals surface area contributed by atoms with Crippen LogP contribution >= 0.6 is 22.9 Å². The van der Waals surface area contributed by atoms with Gasteiger partial charge in [0.15, 0.2) is 0 Å². The van der Waals surface area contributed by atoms with E-state index in [0.717, 1.165) is 13.0 Å². The van der Waals surface area contributed by atoms with Crippen LogP contribution in [0.3, 0.4) is 0 Å². The topological polar surface area (TPSA) is 46.3 Å². The van der Waals surface area contributed by atoms with Gasteiger partial charge in [-0.25, -0.2) is 0 Å². The number of carbonyl (C=O) groups is 1. The molecule has 1 aliphatic heterocycles. The maximum absolute atomic E-state index is 12.5. The maximum atomic E-state index is 12.5. The summed E-state index contributed by atoms with van der Waals surface area (Å²) in [5, 5.41) is 2.61. The molecule has 1 amide bonds. The van der Waals surface area contributed by atoms with E-state index in [1.54, 1.807) is 29.5 Å². The third-order valence-electron chi connectivity index (χ3n) is 3.34. The number of benzene rings is 1. The maximum Gasteiger partial charge on any atom is 0.256 e. The molecule has 0 spiro atoms. The number of nitrogen functional groups attached to an aromatic ring is 1. The Labute approximate surface area is 120 Å². The third-order valence-corrected chi connectivity index (χ3v) is 4.60. The van der Waals surface area contributed by atoms with Crippen molar-refractivity contribution < 1.29 is 4.79 Å². The molecule has 5 heteroatoms. The van der Waals surface area contributed by atoms with E-state index >= 15 is 0 Å². The van der Waals surface area contributed by atoms with Crippen LogP contribution in [0.15, 0.2) is 29.6 Å². The molecule has 2 N–H and O–H groups in total. The summed E-state index contributed by atoms with van der Waals surface area (Å²) in [4.78, 5) is 15.7. The highest BCUT2D eigenvalue weighted by Gasteiger charge is 2.23. The molecule has 0 bridgehead atoms. The van der Waals surface area contributed by atoms with E-state index in [-0.39, 0.29) is 5.91 Å². The Balaban J connectivity index is 1.87. The van der Waals surface area contributed by atoms with Crippen LogP contribution in [0.5, 0.6) is 0 Å². The number of amides is 1. The molecule has 1 aromatic carbocycles. The summed E-state index contributed by atoms with van der Waals surface area (Å²) in [7, 11) is 0. The number of hydrogen-bond acceptors (Lipinski definition) is 3. The van der Waals surface area contributed by atoms with Crippen molar-refractivity contribution in [1.29, 1.82) is 0 Å². The second-order valence-corrected chi connectivity index (χ2v) is 6.01. The van der Waals surface area contributed by atoms with Crippen molar-refractivity contribution in [3.63, 3.8) is 0 Å². The first kappa shape index (κ1) is 12.5. The van der Waals surface area contributed by atoms with Crippen molar-refractivity contribution in [3.05, 3.63) is 50.7 Å². The molecule has 0 unspecified atom stereocenters. The van der Waals surface area contributed by atoms with Crippen LogP contribution in [-0.4, -0.2) is 17.4 Å². The first-order valence-corrected chi connectivity index (χ1v) is 7.30. The van der Waals surface area contributed by atoms with E-state index in [1.807, 2.05) is 4.90 Å². The van der Waals surface area contributed by atoms with Gasteiger partial charge in [-0.05, 0) is 41.6 Å². The Hall–Kier alpha value is -1.52. The van der Waals surface area contributed by atoms with Crippen molar-refractivity contribution in [1.82, 2.24) is 4.90 Å². The molecule has 2 aromatic rings. The van der Waals surface area contributed by atoms with E-state index < -0.39 is 0 Å². The lowest BCUT2D eigenvalue weighted by atomic mass is 10.1. The van der Waals surface area contributed by atoms with Gasteiger partial charge >= 0.3 is 0 Å². The standard InChI is InChI=1S/C14H13ClN2OS/c15-10-1-2-12(16)11(7-10)14(18)17-5-3-13-9(8-17)4-6-19-13/h1-2,4,6-7H,3,5,8,16H2. The molecule has 98 valence electrons. The van der Waals surface area contributed by atoms with Gasteiger partial charge in [0.2, 0.25) is 0 Å². The van der Waals surface area contributed by atoms with E-state index in [9.17, 15) is 4.79 Å². The second-order valence-electron chi connectivity index (χ2n) is 4.58. The minimum Gasteiger partial charge on any atom is -0.398 e. The summed E-state index contributed by atoms with van der Waals surface area (Å²) >= 11 is 7.70. The van der Waals surface area contributed by atoms with Gasteiger partial charge < -0.3 is 10.6 Å². The Morgan fingerprint density at radius 2 is 2.21 bits per heavy atom. The SMILES string of the molecule is Nc1ccc(Cl)cc1C(=O)N1CCc2sccc2C1. The molecule has 1 aromatic heterocycles. The lowest BCUT2D eigenvalue weighted by Crippen LogP contribution is -2.35. The van der Waals surface area contributed by atoms with Crippen molar-refractivity contribution in [2.75, 3.05) is 12.3 Å². The van der Waals surface area contributed by atoms with Crippen LogP contribution in [0, 0.1) is 0 Å². The van der Waals surface area contributed by atoms with Gasteiger partial charge in [-0.2, -0.15) is 0 Å². The fraction of sp³-hybridized carbons (Fsp3) is 0.214. The highest BCUT2D eigenvalue weighted by atomic mass is 35.5. The Morgan fingerprint density at radius 3 is 3.05 bits per heavy atom. The smallest absolute Gasteiger partial charge is 0.256 e. The predicted octanol–water partition coefficient (Wildman–Crippen LogP) is 3.18. The Morgan fingerprint density at radius 1 is 1.37 bits per heavy atom. The number of rotatable bonds is 1. The van der Waals surface area contributed by atoms with Crippen LogP contribution in [0.4, 0.5) is 5.69 Å². The summed E-state index contributed by atoms with van der Waals surface area (Å²) < 4.78 is 0. The fourth-order valence-electron chi connectivity index (χ4n) is 2.31. The van der Waals surface area contributed by atoms with E-state index in [4.69, 9.17) is 17.3 Å². The number of halogens is 1. The molecule has 0 atom stereocenters.